The monoisotopic (exact) mass is 403 g/mol. The summed E-state index contributed by atoms with van der Waals surface area (Å²) in [7, 11) is 1.42. The van der Waals surface area contributed by atoms with E-state index in [1.165, 1.54) is 24.3 Å². The van der Waals surface area contributed by atoms with Gasteiger partial charge in [0, 0.05) is 18.6 Å². The van der Waals surface area contributed by atoms with Crippen LogP contribution in [-0.2, 0) is 22.5 Å². The van der Waals surface area contributed by atoms with Gasteiger partial charge in [-0.1, -0.05) is 66.7 Å². The summed E-state index contributed by atoms with van der Waals surface area (Å²) >= 11 is 0. The van der Waals surface area contributed by atoms with Crippen LogP contribution in [0.15, 0.2) is 78.9 Å². The standard InChI is InChI=1S/C26H26FNO2/c1-18(20-11-7-4-8-12-20)28(17-19-9-5-3-6-10-19)25-23-14-13-22(27)15-21(23)16-24(25)26(29)30-2/h3-15,18,24-25H,16-17H2,1-2H3/t18-,24-,25-/m1/s1. The molecule has 0 aliphatic heterocycles. The second-order valence-electron chi connectivity index (χ2n) is 7.87. The van der Waals surface area contributed by atoms with Gasteiger partial charge in [-0.3, -0.25) is 9.69 Å². The first-order chi connectivity index (χ1) is 14.6. The quantitative estimate of drug-likeness (QED) is 0.511. The molecule has 0 N–H and O–H groups in total. The van der Waals surface area contributed by atoms with Crippen molar-refractivity contribution in [1.82, 2.24) is 4.90 Å². The number of fused-ring (bicyclic) bond motifs is 1. The Morgan fingerprint density at radius 2 is 1.73 bits per heavy atom. The first-order valence-electron chi connectivity index (χ1n) is 10.3. The average molecular weight is 403 g/mol. The molecule has 3 aromatic carbocycles. The number of carbonyl (C=O) groups excluding carboxylic acids is 1. The number of hydrogen-bond acceptors (Lipinski definition) is 3. The average Bonchev–Trinajstić information content (AvgIpc) is 3.16. The molecule has 0 bridgehead atoms. The predicted molar refractivity (Wildman–Crippen MR) is 115 cm³/mol. The number of esters is 1. The Morgan fingerprint density at radius 1 is 1.07 bits per heavy atom. The molecular formula is C26H26FNO2. The number of rotatable bonds is 6. The molecule has 0 heterocycles. The molecule has 0 radical (unpaired) electrons. The molecule has 1 aliphatic rings. The van der Waals surface area contributed by atoms with Crippen molar-refractivity contribution >= 4 is 5.97 Å². The van der Waals surface area contributed by atoms with Crippen LogP contribution in [0, 0.1) is 11.7 Å². The molecule has 4 heteroatoms. The third-order valence-corrected chi connectivity index (χ3v) is 6.09. The lowest BCUT2D eigenvalue weighted by molar-refractivity contribution is -0.148. The van der Waals surface area contributed by atoms with Crippen molar-refractivity contribution in [3.63, 3.8) is 0 Å². The van der Waals surface area contributed by atoms with Crippen molar-refractivity contribution in [1.29, 1.82) is 0 Å². The zero-order valence-electron chi connectivity index (χ0n) is 17.3. The molecule has 0 amide bonds. The van der Waals surface area contributed by atoms with Crippen LogP contribution < -0.4 is 0 Å². The number of halogens is 1. The van der Waals surface area contributed by atoms with Crippen molar-refractivity contribution in [3.8, 4) is 0 Å². The van der Waals surface area contributed by atoms with Crippen LogP contribution in [0.5, 0.6) is 0 Å². The van der Waals surface area contributed by atoms with Crippen molar-refractivity contribution in [2.24, 2.45) is 5.92 Å². The predicted octanol–water partition coefficient (Wildman–Crippen LogP) is 5.48. The molecule has 3 atom stereocenters. The highest BCUT2D eigenvalue weighted by atomic mass is 19.1. The summed E-state index contributed by atoms with van der Waals surface area (Å²) in [4.78, 5) is 15.1. The molecule has 0 fully saturated rings. The Morgan fingerprint density at radius 3 is 2.40 bits per heavy atom. The maximum atomic E-state index is 13.9. The SMILES string of the molecule is COC(=O)[C@@H]1Cc2cc(F)ccc2[C@H]1N(Cc1ccccc1)[C@H](C)c1ccccc1. The van der Waals surface area contributed by atoms with Crippen molar-refractivity contribution in [2.45, 2.75) is 32.0 Å². The molecule has 3 nitrogen and oxygen atoms in total. The third kappa shape index (κ3) is 4.01. The number of benzene rings is 3. The molecule has 0 spiro atoms. The van der Waals surface area contributed by atoms with E-state index < -0.39 is 0 Å². The number of hydrogen-bond donors (Lipinski definition) is 0. The summed E-state index contributed by atoms with van der Waals surface area (Å²) in [6, 6.07) is 25.2. The Bertz CT molecular complexity index is 1010. The van der Waals surface area contributed by atoms with Crippen LogP contribution in [0.3, 0.4) is 0 Å². The van der Waals surface area contributed by atoms with Gasteiger partial charge in [0.1, 0.15) is 5.82 Å². The van der Waals surface area contributed by atoms with E-state index in [-0.39, 0.29) is 29.8 Å². The number of carbonyl (C=O) groups is 1. The van der Waals surface area contributed by atoms with Crippen LogP contribution in [0.2, 0.25) is 0 Å². The maximum absolute atomic E-state index is 13.9. The zero-order valence-corrected chi connectivity index (χ0v) is 17.3. The first-order valence-corrected chi connectivity index (χ1v) is 10.3. The summed E-state index contributed by atoms with van der Waals surface area (Å²) in [5.41, 5.74) is 4.23. The van der Waals surface area contributed by atoms with E-state index in [1.807, 2.05) is 42.5 Å². The molecular weight excluding hydrogens is 377 g/mol. The third-order valence-electron chi connectivity index (χ3n) is 6.09. The molecule has 3 aromatic rings. The van der Waals surface area contributed by atoms with Crippen LogP contribution in [0.25, 0.3) is 0 Å². The molecule has 0 saturated carbocycles. The molecule has 1 aliphatic carbocycles. The second-order valence-corrected chi connectivity index (χ2v) is 7.87. The number of ether oxygens (including phenoxy) is 1. The summed E-state index contributed by atoms with van der Waals surface area (Å²) in [6.07, 6.45) is 0.483. The van der Waals surface area contributed by atoms with Crippen LogP contribution in [0.1, 0.15) is 41.3 Å². The Kier molecular flexibility index (Phi) is 5.96. The molecule has 0 aromatic heterocycles. The van der Waals surface area contributed by atoms with Gasteiger partial charge in [0.2, 0.25) is 0 Å². The molecule has 4 rings (SSSR count). The lowest BCUT2D eigenvalue weighted by Gasteiger charge is -2.38. The Balaban J connectivity index is 1.80. The van der Waals surface area contributed by atoms with Gasteiger partial charge in [-0.05, 0) is 47.7 Å². The van der Waals surface area contributed by atoms with E-state index >= 15 is 0 Å². The van der Waals surface area contributed by atoms with Gasteiger partial charge in [-0.15, -0.1) is 0 Å². The Hall–Kier alpha value is -2.98. The highest BCUT2D eigenvalue weighted by molar-refractivity contribution is 5.75. The van der Waals surface area contributed by atoms with Gasteiger partial charge < -0.3 is 4.74 Å². The van der Waals surface area contributed by atoms with E-state index in [9.17, 15) is 9.18 Å². The molecule has 154 valence electrons. The molecule has 0 saturated heterocycles. The smallest absolute Gasteiger partial charge is 0.310 e. The second kappa shape index (κ2) is 8.80. The van der Waals surface area contributed by atoms with Gasteiger partial charge in [-0.2, -0.15) is 0 Å². The van der Waals surface area contributed by atoms with E-state index in [0.29, 0.717) is 13.0 Å². The highest BCUT2D eigenvalue weighted by Crippen LogP contribution is 2.45. The van der Waals surface area contributed by atoms with E-state index in [4.69, 9.17) is 4.74 Å². The van der Waals surface area contributed by atoms with Crippen molar-refractivity contribution < 1.29 is 13.9 Å². The Labute approximate surface area is 177 Å². The fraction of sp³-hybridized carbons (Fsp3) is 0.269. The van der Waals surface area contributed by atoms with Crippen LogP contribution in [-0.4, -0.2) is 18.0 Å². The van der Waals surface area contributed by atoms with Gasteiger partial charge >= 0.3 is 5.97 Å². The highest BCUT2D eigenvalue weighted by Gasteiger charge is 2.43. The topological polar surface area (TPSA) is 29.5 Å². The van der Waals surface area contributed by atoms with E-state index in [2.05, 4.69) is 36.1 Å². The molecule has 30 heavy (non-hydrogen) atoms. The summed E-state index contributed by atoms with van der Waals surface area (Å²) in [6.45, 7) is 2.83. The van der Waals surface area contributed by atoms with Gasteiger partial charge in [-0.25, -0.2) is 4.39 Å². The van der Waals surface area contributed by atoms with Gasteiger partial charge in [0.25, 0.3) is 0 Å². The van der Waals surface area contributed by atoms with E-state index in [0.717, 1.165) is 11.1 Å². The normalized spacial score (nSPS) is 18.8. The van der Waals surface area contributed by atoms with E-state index in [1.54, 1.807) is 6.07 Å². The minimum Gasteiger partial charge on any atom is -0.469 e. The van der Waals surface area contributed by atoms with Crippen LogP contribution in [0.4, 0.5) is 4.39 Å². The fourth-order valence-electron chi connectivity index (χ4n) is 4.57. The summed E-state index contributed by atoms with van der Waals surface area (Å²) < 4.78 is 19.1. The largest absolute Gasteiger partial charge is 0.469 e. The first kappa shape index (κ1) is 20.3. The maximum Gasteiger partial charge on any atom is 0.310 e. The lowest BCUT2D eigenvalue weighted by Crippen LogP contribution is -2.37. The number of nitrogens with zero attached hydrogens (tertiary/aromatic N) is 1. The minimum atomic E-state index is -0.373. The van der Waals surface area contributed by atoms with Gasteiger partial charge in [0.05, 0.1) is 13.0 Å². The summed E-state index contributed by atoms with van der Waals surface area (Å²) in [5, 5.41) is 0. The molecule has 0 unspecified atom stereocenters. The zero-order chi connectivity index (χ0) is 21.1. The van der Waals surface area contributed by atoms with Crippen LogP contribution >= 0.6 is 0 Å². The lowest BCUT2D eigenvalue weighted by atomic mass is 9.94. The number of methoxy groups -OCH3 is 1. The summed E-state index contributed by atoms with van der Waals surface area (Å²) in [5.74, 6) is -0.902. The van der Waals surface area contributed by atoms with Gasteiger partial charge in [0.15, 0.2) is 0 Å². The minimum absolute atomic E-state index is 0.0552. The fourth-order valence-corrected chi connectivity index (χ4v) is 4.57. The van der Waals surface area contributed by atoms with Crippen molar-refractivity contribution in [3.05, 3.63) is 107 Å². The van der Waals surface area contributed by atoms with Crippen molar-refractivity contribution in [2.75, 3.05) is 7.11 Å².